The third-order valence-corrected chi connectivity index (χ3v) is 6.41. The quantitative estimate of drug-likeness (QED) is 0.849. The Hall–Kier alpha value is -2.13. The molecule has 0 aliphatic heterocycles. The van der Waals surface area contributed by atoms with Crippen LogP contribution in [-0.2, 0) is 17.4 Å². The number of aliphatic hydroxyl groups is 1. The van der Waals surface area contributed by atoms with E-state index in [2.05, 4.69) is 52.8 Å². The van der Waals surface area contributed by atoms with E-state index in [9.17, 15) is 15.0 Å². The van der Waals surface area contributed by atoms with Crippen LogP contribution in [-0.4, -0.2) is 16.2 Å². The van der Waals surface area contributed by atoms with Crippen molar-refractivity contribution in [3.8, 4) is 11.1 Å². The van der Waals surface area contributed by atoms with Gasteiger partial charge in [0.1, 0.15) is 0 Å². The van der Waals surface area contributed by atoms with Gasteiger partial charge in [-0.15, -0.1) is 0 Å². The van der Waals surface area contributed by atoms with Gasteiger partial charge < -0.3 is 10.2 Å². The Morgan fingerprint density at radius 3 is 2.12 bits per heavy atom. The standard InChI is InChI=1S/C22H26O3/c1-13-21(2,3)18-9-7-15(11-19(18)22(13,4)5)14-6-8-17(20(24)25)16(10-14)12-23/h6-11,13,23H,12H2,1-5H3,(H,24,25). The zero-order chi connectivity index (χ0) is 18.6. The maximum Gasteiger partial charge on any atom is 0.336 e. The Kier molecular flexibility index (Phi) is 4.03. The molecule has 0 radical (unpaired) electrons. The van der Waals surface area contributed by atoms with E-state index in [-0.39, 0.29) is 23.0 Å². The first-order chi connectivity index (χ1) is 11.6. The predicted octanol–water partition coefficient (Wildman–Crippen LogP) is 4.75. The Bertz CT molecular complexity index is 846. The Labute approximate surface area is 149 Å². The minimum absolute atomic E-state index is 0.0790. The third-order valence-electron chi connectivity index (χ3n) is 6.41. The molecule has 3 nitrogen and oxygen atoms in total. The van der Waals surface area contributed by atoms with Crippen LogP contribution in [0.3, 0.4) is 0 Å². The molecule has 1 aliphatic rings. The summed E-state index contributed by atoms with van der Waals surface area (Å²) < 4.78 is 0. The summed E-state index contributed by atoms with van der Waals surface area (Å²) in [6.45, 7) is 11.2. The van der Waals surface area contributed by atoms with Crippen LogP contribution in [0.4, 0.5) is 0 Å². The molecule has 1 aliphatic carbocycles. The normalized spacial score (nSPS) is 20.3. The average molecular weight is 338 g/mol. The molecular weight excluding hydrogens is 312 g/mol. The van der Waals surface area contributed by atoms with Gasteiger partial charge in [0, 0.05) is 0 Å². The maximum atomic E-state index is 11.3. The molecule has 0 saturated carbocycles. The third kappa shape index (κ3) is 2.58. The number of carbonyl (C=O) groups is 1. The highest BCUT2D eigenvalue weighted by Crippen LogP contribution is 2.54. The molecule has 3 rings (SSSR count). The molecule has 0 spiro atoms. The smallest absolute Gasteiger partial charge is 0.336 e. The van der Waals surface area contributed by atoms with Crippen LogP contribution in [0.1, 0.15) is 61.7 Å². The summed E-state index contributed by atoms with van der Waals surface area (Å²) in [4.78, 5) is 11.3. The van der Waals surface area contributed by atoms with Crippen molar-refractivity contribution in [2.75, 3.05) is 0 Å². The highest BCUT2D eigenvalue weighted by atomic mass is 16.4. The van der Waals surface area contributed by atoms with Gasteiger partial charge in [-0.05, 0) is 56.7 Å². The number of benzene rings is 2. The van der Waals surface area contributed by atoms with Gasteiger partial charge in [0.25, 0.3) is 0 Å². The zero-order valence-electron chi connectivity index (χ0n) is 15.6. The van der Waals surface area contributed by atoms with Gasteiger partial charge in [-0.2, -0.15) is 0 Å². The van der Waals surface area contributed by atoms with Crippen molar-refractivity contribution in [2.24, 2.45) is 5.92 Å². The van der Waals surface area contributed by atoms with Crippen molar-refractivity contribution in [1.82, 2.24) is 0 Å². The summed E-state index contributed by atoms with van der Waals surface area (Å²) in [5.74, 6) is -0.492. The van der Waals surface area contributed by atoms with Gasteiger partial charge in [0.05, 0.1) is 12.2 Å². The summed E-state index contributed by atoms with van der Waals surface area (Å²) >= 11 is 0. The largest absolute Gasteiger partial charge is 0.478 e. The lowest BCUT2D eigenvalue weighted by Gasteiger charge is -2.32. The zero-order valence-corrected chi connectivity index (χ0v) is 15.6. The van der Waals surface area contributed by atoms with Crippen LogP contribution in [0.5, 0.6) is 0 Å². The predicted molar refractivity (Wildman–Crippen MR) is 100.0 cm³/mol. The summed E-state index contributed by atoms with van der Waals surface area (Å²) in [5.41, 5.74) is 5.54. The fourth-order valence-corrected chi connectivity index (χ4v) is 4.30. The van der Waals surface area contributed by atoms with Crippen molar-refractivity contribution >= 4 is 5.97 Å². The summed E-state index contributed by atoms with van der Waals surface area (Å²) in [5, 5.41) is 18.7. The Morgan fingerprint density at radius 1 is 0.960 bits per heavy atom. The molecule has 25 heavy (non-hydrogen) atoms. The second-order valence-corrected chi connectivity index (χ2v) is 8.26. The number of hydrogen-bond acceptors (Lipinski definition) is 2. The summed E-state index contributed by atoms with van der Waals surface area (Å²) in [6, 6.07) is 11.7. The van der Waals surface area contributed by atoms with Crippen LogP contribution < -0.4 is 0 Å². The molecule has 2 aromatic rings. The molecule has 0 heterocycles. The number of fused-ring (bicyclic) bond motifs is 1. The summed E-state index contributed by atoms with van der Waals surface area (Å²) in [7, 11) is 0. The van der Waals surface area contributed by atoms with Crippen molar-refractivity contribution in [2.45, 2.75) is 52.1 Å². The number of aromatic carboxylic acids is 1. The second-order valence-electron chi connectivity index (χ2n) is 8.26. The van der Waals surface area contributed by atoms with Crippen molar-refractivity contribution in [3.63, 3.8) is 0 Å². The molecular formula is C22H26O3. The molecule has 0 aromatic heterocycles. The molecule has 132 valence electrons. The molecule has 2 N–H and O–H groups in total. The van der Waals surface area contributed by atoms with Crippen molar-refractivity contribution < 1.29 is 15.0 Å². The van der Waals surface area contributed by atoms with Gasteiger partial charge in [0.2, 0.25) is 0 Å². The van der Waals surface area contributed by atoms with Gasteiger partial charge >= 0.3 is 5.97 Å². The Balaban J connectivity index is 2.13. The highest BCUT2D eigenvalue weighted by Gasteiger charge is 2.48. The van der Waals surface area contributed by atoms with E-state index < -0.39 is 5.97 Å². The molecule has 1 atom stereocenters. The van der Waals surface area contributed by atoms with E-state index in [0.29, 0.717) is 11.5 Å². The lowest BCUT2D eigenvalue weighted by atomic mass is 9.71. The molecule has 0 fully saturated rings. The van der Waals surface area contributed by atoms with Crippen molar-refractivity contribution in [1.29, 1.82) is 0 Å². The topological polar surface area (TPSA) is 57.5 Å². The number of rotatable bonds is 3. The monoisotopic (exact) mass is 338 g/mol. The van der Waals surface area contributed by atoms with Gasteiger partial charge in [0.15, 0.2) is 0 Å². The lowest BCUT2D eigenvalue weighted by Crippen LogP contribution is -2.30. The SMILES string of the molecule is CC1C(C)(C)c2ccc(-c3ccc(C(=O)O)c(CO)c3)cc2C1(C)C. The average Bonchev–Trinajstić information content (AvgIpc) is 2.72. The number of aliphatic hydroxyl groups excluding tert-OH is 1. The van der Waals surface area contributed by atoms with Crippen LogP contribution in [0.15, 0.2) is 36.4 Å². The molecule has 0 amide bonds. The minimum Gasteiger partial charge on any atom is -0.478 e. The molecule has 0 bridgehead atoms. The number of hydrogen-bond donors (Lipinski definition) is 2. The second kappa shape index (κ2) is 5.70. The molecule has 3 heteroatoms. The first kappa shape index (κ1) is 17.7. The highest BCUT2D eigenvalue weighted by molar-refractivity contribution is 5.90. The van der Waals surface area contributed by atoms with E-state index in [0.717, 1.165) is 11.1 Å². The van der Waals surface area contributed by atoms with Gasteiger partial charge in [-0.25, -0.2) is 4.79 Å². The van der Waals surface area contributed by atoms with Crippen LogP contribution in [0, 0.1) is 5.92 Å². The van der Waals surface area contributed by atoms with E-state index >= 15 is 0 Å². The summed E-state index contributed by atoms with van der Waals surface area (Å²) in [6.07, 6.45) is 0. The van der Waals surface area contributed by atoms with E-state index in [1.54, 1.807) is 12.1 Å². The fourth-order valence-electron chi connectivity index (χ4n) is 4.30. The lowest BCUT2D eigenvalue weighted by molar-refractivity contribution is 0.0693. The molecule has 2 aromatic carbocycles. The first-order valence-electron chi connectivity index (χ1n) is 8.73. The molecule has 1 unspecified atom stereocenters. The van der Waals surface area contributed by atoms with Crippen LogP contribution >= 0.6 is 0 Å². The number of carboxylic acid groups (broad SMARTS) is 1. The number of carboxylic acids is 1. The fraction of sp³-hybridized carbons (Fsp3) is 0.409. The van der Waals surface area contributed by atoms with Crippen LogP contribution in [0.25, 0.3) is 11.1 Å². The maximum absolute atomic E-state index is 11.3. The van der Waals surface area contributed by atoms with E-state index in [4.69, 9.17) is 0 Å². The first-order valence-corrected chi connectivity index (χ1v) is 8.73. The van der Waals surface area contributed by atoms with E-state index in [1.165, 1.54) is 11.1 Å². The van der Waals surface area contributed by atoms with Crippen molar-refractivity contribution in [3.05, 3.63) is 58.7 Å². The minimum atomic E-state index is -1.01. The Morgan fingerprint density at radius 2 is 1.52 bits per heavy atom. The molecule has 0 saturated heterocycles. The van der Waals surface area contributed by atoms with Gasteiger partial charge in [-0.1, -0.05) is 58.9 Å². The van der Waals surface area contributed by atoms with Crippen LogP contribution in [0.2, 0.25) is 0 Å². The van der Waals surface area contributed by atoms with Gasteiger partial charge in [-0.3, -0.25) is 0 Å². The van der Waals surface area contributed by atoms with E-state index in [1.807, 2.05) is 6.07 Å².